The standard InChI is InChI=1S/C15H21N3O3S/c1-16-10-12-3-2-8-18(12)22(20,21)13-5-4-11-6-7-17-15(19)14(11)9-13/h4-5,9,12,16H,2-3,6-8,10H2,1H3,(H,17,19). The number of nitrogens with one attached hydrogen (secondary N) is 2. The Morgan fingerprint density at radius 1 is 1.41 bits per heavy atom. The van der Waals surface area contributed by atoms with Gasteiger partial charge < -0.3 is 10.6 Å². The Kier molecular flexibility index (Phi) is 4.20. The Bertz CT molecular complexity index is 687. The molecule has 0 radical (unpaired) electrons. The maximum Gasteiger partial charge on any atom is 0.251 e. The molecule has 1 amide bonds. The van der Waals surface area contributed by atoms with E-state index in [1.165, 1.54) is 6.07 Å². The lowest BCUT2D eigenvalue weighted by atomic mass is 10.0. The molecule has 2 N–H and O–H groups in total. The molecule has 2 heterocycles. The van der Waals surface area contributed by atoms with E-state index in [-0.39, 0.29) is 16.8 Å². The first-order valence-corrected chi connectivity index (χ1v) is 9.05. The SMILES string of the molecule is CNCC1CCCN1S(=O)(=O)c1ccc2c(c1)C(=O)NCC2. The first-order valence-electron chi connectivity index (χ1n) is 7.61. The molecule has 0 bridgehead atoms. The molecule has 2 aliphatic heterocycles. The van der Waals surface area contributed by atoms with Gasteiger partial charge >= 0.3 is 0 Å². The molecule has 120 valence electrons. The van der Waals surface area contributed by atoms with Gasteiger partial charge in [-0.05, 0) is 44.0 Å². The van der Waals surface area contributed by atoms with Gasteiger partial charge in [-0.1, -0.05) is 6.07 Å². The number of amides is 1. The van der Waals surface area contributed by atoms with E-state index in [1.807, 2.05) is 7.05 Å². The van der Waals surface area contributed by atoms with Gasteiger partial charge in [0.05, 0.1) is 4.90 Å². The van der Waals surface area contributed by atoms with E-state index in [4.69, 9.17) is 0 Å². The van der Waals surface area contributed by atoms with Crippen molar-refractivity contribution in [3.8, 4) is 0 Å². The van der Waals surface area contributed by atoms with Gasteiger partial charge in [-0.25, -0.2) is 8.42 Å². The lowest BCUT2D eigenvalue weighted by Gasteiger charge is -2.25. The highest BCUT2D eigenvalue weighted by atomic mass is 32.2. The summed E-state index contributed by atoms with van der Waals surface area (Å²) in [6, 6.07) is 4.90. The van der Waals surface area contributed by atoms with Crippen molar-refractivity contribution < 1.29 is 13.2 Å². The van der Waals surface area contributed by atoms with E-state index in [0.717, 1.165) is 24.8 Å². The van der Waals surface area contributed by atoms with Gasteiger partial charge in [0.25, 0.3) is 5.91 Å². The van der Waals surface area contributed by atoms with Crippen LogP contribution in [0.3, 0.4) is 0 Å². The van der Waals surface area contributed by atoms with Gasteiger partial charge in [0, 0.05) is 31.2 Å². The Hall–Kier alpha value is -1.44. The summed E-state index contributed by atoms with van der Waals surface area (Å²) in [5, 5.41) is 5.81. The second-order valence-corrected chi connectivity index (χ2v) is 7.68. The molecule has 6 nitrogen and oxygen atoms in total. The maximum atomic E-state index is 12.9. The number of fused-ring (bicyclic) bond motifs is 1. The molecule has 1 atom stereocenters. The molecule has 1 aromatic rings. The number of hydrogen-bond acceptors (Lipinski definition) is 4. The van der Waals surface area contributed by atoms with Crippen LogP contribution in [-0.4, -0.2) is 51.4 Å². The van der Waals surface area contributed by atoms with Crippen LogP contribution in [-0.2, 0) is 16.4 Å². The summed E-state index contributed by atoms with van der Waals surface area (Å²) in [6.45, 7) is 1.79. The van der Waals surface area contributed by atoms with Crippen molar-refractivity contribution in [2.24, 2.45) is 0 Å². The van der Waals surface area contributed by atoms with Crippen molar-refractivity contribution in [2.45, 2.75) is 30.2 Å². The first kappa shape index (κ1) is 15.5. The Balaban J connectivity index is 1.96. The number of hydrogen-bond donors (Lipinski definition) is 2. The molecule has 0 spiro atoms. The van der Waals surface area contributed by atoms with Crippen molar-refractivity contribution >= 4 is 15.9 Å². The summed E-state index contributed by atoms with van der Waals surface area (Å²) in [5.41, 5.74) is 1.40. The fraction of sp³-hybridized carbons (Fsp3) is 0.533. The van der Waals surface area contributed by atoms with Crippen molar-refractivity contribution in [2.75, 3.05) is 26.7 Å². The van der Waals surface area contributed by atoms with Crippen LogP contribution in [0.5, 0.6) is 0 Å². The number of nitrogens with zero attached hydrogens (tertiary/aromatic N) is 1. The monoisotopic (exact) mass is 323 g/mol. The molecule has 0 aromatic heterocycles. The minimum Gasteiger partial charge on any atom is -0.352 e. The lowest BCUT2D eigenvalue weighted by molar-refractivity contribution is 0.0945. The van der Waals surface area contributed by atoms with Crippen LogP contribution in [0.15, 0.2) is 23.1 Å². The zero-order valence-electron chi connectivity index (χ0n) is 12.6. The minimum atomic E-state index is -3.55. The summed E-state index contributed by atoms with van der Waals surface area (Å²) in [5.74, 6) is -0.188. The average Bonchev–Trinajstić information content (AvgIpc) is 2.97. The summed E-state index contributed by atoms with van der Waals surface area (Å²) in [7, 11) is -1.73. The molecule has 7 heteroatoms. The summed E-state index contributed by atoms with van der Waals surface area (Å²) in [4.78, 5) is 12.1. The smallest absolute Gasteiger partial charge is 0.251 e. The quantitative estimate of drug-likeness (QED) is 0.838. The molecule has 3 rings (SSSR count). The Morgan fingerprint density at radius 3 is 3.00 bits per heavy atom. The van der Waals surface area contributed by atoms with Gasteiger partial charge in [-0.15, -0.1) is 0 Å². The van der Waals surface area contributed by atoms with Crippen LogP contribution in [0.2, 0.25) is 0 Å². The van der Waals surface area contributed by atoms with Crippen molar-refractivity contribution in [1.82, 2.24) is 14.9 Å². The van der Waals surface area contributed by atoms with Crippen LogP contribution in [0, 0.1) is 0 Å². The van der Waals surface area contributed by atoms with Crippen LogP contribution < -0.4 is 10.6 Å². The highest BCUT2D eigenvalue weighted by molar-refractivity contribution is 7.89. The van der Waals surface area contributed by atoms with Gasteiger partial charge in [-0.2, -0.15) is 4.31 Å². The van der Waals surface area contributed by atoms with Gasteiger partial charge in [0.1, 0.15) is 0 Å². The number of rotatable bonds is 4. The van der Waals surface area contributed by atoms with E-state index < -0.39 is 10.0 Å². The molecular formula is C15H21N3O3S. The minimum absolute atomic E-state index is 0.0140. The van der Waals surface area contributed by atoms with E-state index >= 15 is 0 Å². The fourth-order valence-electron chi connectivity index (χ4n) is 3.25. The summed E-state index contributed by atoms with van der Waals surface area (Å²) in [6.07, 6.45) is 2.48. The molecule has 1 unspecified atom stereocenters. The third-order valence-corrected chi connectivity index (χ3v) is 6.32. The normalized spacial score (nSPS) is 22.4. The summed E-state index contributed by atoms with van der Waals surface area (Å²) < 4.78 is 27.3. The van der Waals surface area contributed by atoms with Gasteiger partial charge in [0.15, 0.2) is 0 Å². The molecule has 0 saturated carbocycles. The third kappa shape index (κ3) is 2.64. The Morgan fingerprint density at radius 2 is 2.23 bits per heavy atom. The molecule has 1 saturated heterocycles. The molecule has 22 heavy (non-hydrogen) atoms. The second kappa shape index (κ2) is 5.98. The van der Waals surface area contributed by atoms with Crippen molar-refractivity contribution in [3.63, 3.8) is 0 Å². The number of likely N-dealkylation sites (N-methyl/N-ethyl adjacent to an activating group) is 1. The van der Waals surface area contributed by atoms with Crippen LogP contribution >= 0.6 is 0 Å². The summed E-state index contributed by atoms with van der Waals surface area (Å²) >= 11 is 0. The van der Waals surface area contributed by atoms with E-state index in [9.17, 15) is 13.2 Å². The predicted molar refractivity (Wildman–Crippen MR) is 83.3 cm³/mol. The molecule has 0 aliphatic carbocycles. The van der Waals surface area contributed by atoms with E-state index in [1.54, 1.807) is 16.4 Å². The largest absolute Gasteiger partial charge is 0.352 e. The van der Waals surface area contributed by atoms with Crippen molar-refractivity contribution in [1.29, 1.82) is 0 Å². The van der Waals surface area contributed by atoms with E-state index in [0.29, 0.717) is 25.2 Å². The number of sulfonamides is 1. The fourth-order valence-corrected chi connectivity index (χ4v) is 4.97. The lowest BCUT2D eigenvalue weighted by Crippen LogP contribution is -2.41. The number of carbonyl (C=O) groups excluding carboxylic acids is 1. The highest BCUT2D eigenvalue weighted by Gasteiger charge is 2.35. The zero-order chi connectivity index (χ0) is 15.7. The van der Waals surface area contributed by atoms with Crippen molar-refractivity contribution in [3.05, 3.63) is 29.3 Å². The second-order valence-electron chi connectivity index (χ2n) is 5.79. The molecule has 1 aromatic carbocycles. The van der Waals surface area contributed by atoms with Crippen LogP contribution in [0.1, 0.15) is 28.8 Å². The number of carbonyl (C=O) groups is 1. The molecule has 2 aliphatic rings. The zero-order valence-corrected chi connectivity index (χ0v) is 13.4. The topological polar surface area (TPSA) is 78.5 Å². The van der Waals surface area contributed by atoms with Gasteiger partial charge in [0.2, 0.25) is 10.0 Å². The molecular weight excluding hydrogens is 302 g/mol. The molecule has 1 fully saturated rings. The predicted octanol–water partition coefficient (Wildman–Crippen LogP) is 0.345. The highest BCUT2D eigenvalue weighted by Crippen LogP contribution is 2.27. The Labute approximate surface area is 130 Å². The van der Waals surface area contributed by atoms with Gasteiger partial charge in [-0.3, -0.25) is 4.79 Å². The first-order chi connectivity index (χ1) is 10.5. The third-order valence-electron chi connectivity index (χ3n) is 4.38. The maximum absolute atomic E-state index is 12.9. The number of benzene rings is 1. The average molecular weight is 323 g/mol. The van der Waals surface area contributed by atoms with E-state index in [2.05, 4.69) is 10.6 Å². The van der Waals surface area contributed by atoms with Crippen LogP contribution in [0.25, 0.3) is 0 Å². The van der Waals surface area contributed by atoms with Crippen LogP contribution in [0.4, 0.5) is 0 Å².